The number of Topliss-reactive ketones (excluding diaryl/α,β-unsaturated/α-hetero) is 1. The third-order valence-electron chi connectivity index (χ3n) is 5.73. The second-order valence-electron chi connectivity index (χ2n) is 8.31. The van der Waals surface area contributed by atoms with Crippen molar-refractivity contribution in [1.29, 1.82) is 0 Å². The van der Waals surface area contributed by atoms with Crippen molar-refractivity contribution < 1.29 is 13.6 Å². The molecule has 1 N–H and O–H groups in total. The van der Waals surface area contributed by atoms with Crippen molar-refractivity contribution in [2.24, 2.45) is 0 Å². The number of aryl methyl sites for hydroxylation is 2. The molecule has 1 fully saturated rings. The van der Waals surface area contributed by atoms with Crippen LogP contribution in [-0.2, 0) is 6.42 Å². The monoisotopic (exact) mass is 419 g/mol. The summed E-state index contributed by atoms with van der Waals surface area (Å²) in [5.74, 6) is 0.878. The van der Waals surface area contributed by atoms with Gasteiger partial charge in [0, 0.05) is 18.2 Å². The van der Waals surface area contributed by atoms with E-state index in [1.807, 2.05) is 6.20 Å². The van der Waals surface area contributed by atoms with Gasteiger partial charge >= 0.3 is 0 Å². The summed E-state index contributed by atoms with van der Waals surface area (Å²) in [5, 5.41) is 8.41. The summed E-state index contributed by atoms with van der Waals surface area (Å²) in [6, 6.07) is 6.10. The van der Waals surface area contributed by atoms with Gasteiger partial charge in [-0.2, -0.15) is 5.10 Å². The zero-order valence-corrected chi connectivity index (χ0v) is 17.4. The number of halogens is 1. The van der Waals surface area contributed by atoms with E-state index in [1.54, 1.807) is 29.9 Å². The maximum absolute atomic E-state index is 13.1. The van der Waals surface area contributed by atoms with E-state index in [9.17, 15) is 9.18 Å². The molecule has 0 spiro atoms. The summed E-state index contributed by atoms with van der Waals surface area (Å²) in [4.78, 5) is 21.7. The van der Waals surface area contributed by atoms with Crippen LogP contribution >= 0.6 is 0 Å². The van der Waals surface area contributed by atoms with Gasteiger partial charge < -0.3 is 9.73 Å². The number of hydrogen-bond donors (Lipinski definition) is 1. The SMILES string of the molecule is Cc1oc2ncnc(NC3(C)CC3)c2c1C(=O)CCc1cnn(-c2ccc(F)cc2)c1. The number of ketones is 1. The summed E-state index contributed by atoms with van der Waals surface area (Å²) in [5.41, 5.74) is 2.65. The Morgan fingerprint density at radius 1 is 1.26 bits per heavy atom. The largest absolute Gasteiger partial charge is 0.442 e. The summed E-state index contributed by atoms with van der Waals surface area (Å²) in [7, 11) is 0. The van der Waals surface area contributed by atoms with Gasteiger partial charge in [0.2, 0.25) is 5.71 Å². The van der Waals surface area contributed by atoms with Gasteiger partial charge in [0.25, 0.3) is 0 Å². The van der Waals surface area contributed by atoms with Gasteiger partial charge in [-0.15, -0.1) is 0 Å². The molecule has 1 aromatic carbocycles. The minimum Gasteiger partial charge on any atom is -0.442 e. The number of nitrogens with zero attached hydrogens (tertiary/aromatic N) is 4. The minimum atomic E-state index is -0.294. The molecule has 1 aliphatic rings. The van der Waals surface area contributed by atoms with Gasteiger partial charge in [0.1, 0.15) is 23.7 Å². The molecule has 3 heterocycles. The second-order valence-corrected chi connectivity index (χ2v) is 8.31. The van der Waals surface area contributed by atoms with E-state index < -0.39 is 0 Å². The van der Waals surface area contributed by atoms with Crippen molar-refractivity contribution in [1.82, 2.24) is 19.7 Å². The zero-order valence-electron chi connectivity index (χ0n) is 17.4. The first-order valence-corrected chi connectivity index (χ1v) is 10.3. The number of carbonyl (C=O) groups excluding carboxylic acids is 1. The second kappa shape index (κ2) is 7.30. The highest BCUT2D eigenvalue weighted by Crippen LogP contribution is 2.40. The van der Waals surface area contributed by atoms with Crippen LogP contribution in [0, 0.1) is 12.7 Å². The average molecular weight is 419 g/mol. The Labute approximate surface area is 178 Å². The van der Waals surface area contributed by atoms with Crippen LogP contribution in [-0.4, -0.2) is 31.1 Å². The maximum Gasteiger partial charge on any atom is 0.232 e. The van der Waals surface area contributed by atoms with Crippen LogP contribution in [0.5, 0.6) is 0 Å². The molecule has 4 aromatic rings. The molecule has 0 unspecified atom stereocenters. The van der Waals surface area contributed by atoms with Gasteiger partial charge in [0.15, 0.2) is 5.78 Å². The smallest absolute Gasteiger partial charge is 0.232 e. The predicted molar refractivity (Wildman–Crippen MR) is 114 cm³/mol. The Bertz CT molecular complexity index is 1270. The number of fused-ring (bicyclic) bond motifs is 1. The standard InChI is InChI=1S/C23H22FN5O2/c1-14-19(20-21(28-23(2)9-10-23)25-13-26-22(20)31-14)18(30)8-3-15-11-27-29(12-15)17-6-4-16(24)5-7-17/h4-7,11-13H,3,8-10H2,1-2H3,(H,25,26,28). The number of rotatable bonds is 7. The van der Waals surface area contributed by atoms with Crippen LogP contribution in [0.2, 0.25) is 0 Å². The van der Waals surface area contributed by atoms with Crippen LogP contribution < -0.4 is 5.32 Å². The predicted octanol–water partition coefficient (Wildman–Crippen LogP) is 4.64. The van der Waals surface area contributed by atoms with Crippen LogP contribution in [0.25, 0.3) is 16.8 Å². The first-order chi connectivity index (χ1) is 14.9. The molecule has 7 nitrogen and oxygen atoms in total. The van der Waals surface area contributed by atoms with Crippen molar-refractivity contribution >= 4 is 22.7 Å². The van der Waals surface area contributed by atoms with E-state index >= 15 is 0 Å². The summed E-state index contributed by atoms with van der Waals surface area (Å²) < 4.78 is 20.6. The van der Waals surface area contributed by atoms with Crippen LogP contribution in [0.1, 0.15) is 47.9 Å². The van der Waals surface area contributed by atoms with Gasteiger partial charge in [-0.25, -0.2) is 19.0 Å². The van der Waals surface area contributed by atoms with E-state index in [2.05, 4.69) is 27.3 Å². The maximum atomic E-state index is 13.1. The lowest BCUT2D eigenvalue weighted by molar-refractivity contribution is 0.0982. The van der Waals surface area contributed by atoms with Crippen molar-refractivity contribution in [2.75, 3.05) is 5.32 Å². The lowest BCUT2D eigenvalue weighted by Gasteiger charge is -2.13. The molecule has 0 radical (unpaired) electrons. The number of anilines is 1. The van der Waals surface area contributed by atoms with E-state index in [0.717, 1.165) is 24.1 Å². The van der Waals surface area contributed by atoms with Crippen LogP contribution in [0.15, 0.2) is 47.4 Å². The van der Waals surface area contributed by atoms with Gasteiger partial charge in [-0.05, 0) is 62.9 Å². The number of aromatic nitrogens is 4. The Kier molecular flexibility index (Phi) is 4.57. The lowest BCUT2D eigenvalue weighted by Crippen LogP contribution is -2.17. The molecule has 0 aliphatic heterocycles. The Morgan fingerprint density at radius 2 is 2.03 bits per heavy atom. The molecule has 3 aromatic heterocycles. The number of benzene rings is 1. The van der Waals surface area contributed by atoms with Crippen LogP contribution in [0.3, 0.4) is 0 Å². The number of furan rings is 1. The fourth-order valence-electron chi connectivity index (χ4n) is 3.68. The first-order valence-electron chi connectivity index (χ1n) is 10.3. The molecular weight excluding hydrogens is 397 g/mol. The third kappa shape index (κ3) is 3.81. The number of hydrogen-bond acceptors (Lipinski definition) is 6. The highest BCUT2D eigenvalue weighted by Gasteiger charge is 2.38. The van der Waals surface area contributed by atoms with Crippen molar-refractivity contribution in [2.45, 2.75) is 45.1 Å². The summed E-state index contributed by atoms with van der Waals surface area (Å²) in [6.07, 6.45) is 7.99. The quantitative estimate of drug-likeness (QED) is 0.440. The van der Waals surface area contributed by atoms with Gasteiger partial charge in [-0.3, -0.25) is 4.79 Å². The Morgan fingerprint density at radius 3 is 2.77 bits per heavy atom. The highest BCUT2D eigenvalue weighted by molar-refractivity contribution is 6.11. The Balaban J connectivity index is 1.36. The molecule has 8 heteroatoms. The fourth-order valence-corrected chi connectivity index (χ4v) is 3.68. The summed E-state index contributed by atoms with van der Waals surface area (Å²) in [6.45, 7) is 3.91. The molecule has 5 rings (SSSR count). The Hall–Kier alpha value is -3.55. The van der Waals surface area contributed by atoms with Gasteiger partial charge in [0.05, 0.1) is 22.8 Å². The molecule has 0 bridgehead atoms. The average Bonchev–Trinajstić information content (AvgIpc) is 3.14. The van der Waals surface area contributed by atoms with Crippen LogP contribution in [0.4, 0.5) is 10.2 Å². The molecule has 1 saturated carbocycles. The highest BCUT2D eigenvalue weighted by atomic mass is 19.1. The molecule has 0 amide bonds. The topological polar surface area (TPSA) is 85.8 Å². The molecular formula is C23H22FN5O2. The normalized spacial score (nSPS) is 14.7. The van der Waals surface area contributed by atoms with E-state index in [0.29, 0.717) is 41.1 Å². The molecule has 0 atom stereocenters. The summed E-state index contributed by atoms with van der Waals surface area (Å²) >= 11 is 0. The van der Waals surface area contributed by atoms with Crippen molar-refractivity contribution in [3.63, 3.8) is 0 Å². The number of carbonyl (C=O) groups is 1. The molecule has 0 saturated heterocycles. The first kappa shape index (κ1) is 19.4. The molecule has 158 valence electrons. The molecule has 1 aliphatic carbocycles. The zero-order chi connectivity index (χ0) is 21.6. The fraction of sp³-hybridized carbons (Fsp3) is 0.304. The van der Waals surface area contributed by atoms with Crippen molar-refractivity contribution in [3.05, 3.63) is 65.7 Å². The molecule has 31 heavy (non-hydrogen) atoms. The van der Waals surface area contributed by atoms with E-state index in [1.165, 1.54) is 18.5 Å². The lowest BCUT2D eigenvalue weighted by atomic mass is 10.0. The van der Waals surface area contributed by atoms with Gasteiger partial charge in [-0.1, -0.05) is 0 Å². The minimum absolute atomic E-state index is 0.0156. The van der Waals surface area contributed by atoms with Crippen molar-refractivity contribution in [3.8, 4) is 5.69 Å². The third-order valence-corrected chi connectivity index (χ3v) is 5.73. The van der Waals surface area contributed by atoms with E-state index in [-0.39, 0.29) is 17.1 Å². The van der Waals surface area contributed by atoms with E-state index in [4.69, 9.17) is 4.42 Å². The number of nitrogens with one attached hydrogen (secondary N) is 1.